The minimum atomic E-state index is -1.74. The number of rotatable bonds is 9. The van der Waals surface area contributed by atoms with Crippen LogP contribution in [0.2, 0.25) is 18.1 Å². The fourth-order valence-corrected chi connectivity index (χ4v) is 4.08. The summed E-state index contributed by atoms with van der Waals surface area (Å²) in [6.45, 7) is 15.4. The molecule has 126 valence electrons. The number of hydrogen-bond acceptors (Lipinski definition) is 4. The molecule has 0 bridgehead atoms. The summed E-state index contributed by atoms with van der Waals surface area (Å²) in [6.07, 6.45) is 3.91. The van der Waals surface area contributed by atoms with E-state index < -0.39 is 8.32 Å². The third-order valence-corrected chi connectivity index (χ3v) is 9.45. The Morgan fingerprint density at radius 3 is 2.38 bits per heavy atom. The fourth-order valence-electron chi connectivity index (χ4n) is 1.72. The second kappa shape index (κ2) is 9.73. The van der Waals surface area contributed by atoms with Crippen LogP contribution in [0.5, 0.6) is 0 Å². The maximum Gasteiger partial charge on any atom is 0.192 e. The average molecular weight is 399 g/mol. The maximum atomic E-state index is 9.06. The van der Waals surface area contributed by atoms with E-state index in [1.54, 1.807) is 0 Å². The van der Waals surface area contributed by atoms with Gasteiger partial charge in [0.25, 0.3) is 0 Å². The first-order valence-electron chi connectivity index (χ1n) is 7.42. The standard InChI is InChI=1S/C15H31BrO3SSi/c1-12(11-17)8-9-14(18-20-16)10-13(2)19-21(6,7)15(3,4)5/h8,13-14,17H,9-11H2,1-7H3/b12-8+/t13-,14+/m0/s1. The molecule has 0 rings (SSSR count). The molecule has 0 aliphatic rings. The van der Waals surface area contributed by atoms with Crippen LogP contribution < -0.4 is 0 Å². The number of aliphatic hydroxyl groups is 1. The molecule has 21 heavy (non-hydrogen) atoms. The van der Waals surface area contributed by atoms with Crippen LogP contribution in [0.15, 0.2) is 11.6 Å². The molecule has 0 saturated carbocycles. The Hall–Kier alpha value is 0.667. The molecular weight excluding hydrogens is 368 g/mol. The van der Waals surface area contributed by atoms with E-state index in [4.69, 9.17) is 13.7 Å². The van der Waals surface area contributed by atoms with Crippen LogP contribution in [0.25, 0.3) is 0 Å². The highest BCUT2D eigenvalue weighted by atomic mass is 79.9. The van der Waals surface area contributed by atoms with Crippen molar-refractivity contribution in [3.8, 4) is 0 Å². The van der Waals surface area contributed by atoms with Crippen LogP contribution in [-0.4, -0.2) is 32.2 Å². The fraction of sp³-hybridized carbons (Fsp3) is 0.867. The van der Waals surface area contributed by atoms with Crippen molar-refractivity contribution >= 4 is 33.6 Å². The summed E-state index contributed by atoms with van der Waals surface area (Å²) in [5.74, 6) is 0. The van der Waals surface area contributed by atoms with E-state index in [-0.39, 0.29) is 23.9 Å². The Balaban J connectivity index is 4.57. The monoisotopic (exact) mass is 398 g/mol. The molecule has 0 aromatic carbocycles. The highest BCUT2D eigenvalue weighted by Gasteiger charge is 2.38. The summed E-state index contributed by atoms with van der Waals surface area (Å²) < 4.78 is 12.0. The van der Waals surface area contributed by atoms with Crippen molar-refractivity contribution in [3.05, 3.63) is 11.6 Å². The Kier molecular flexibility index (Phi) is 10.0. The summed E-state index contributed by atoms with van der Waals surface area (Å²) in [4.78, 5) is 0. The van der Waals surface area contributed by atoms with E-state index in [0.29, 0.717) is 0 Å². The molecule has 6 heteroatoms. The van der Waals surface area contributed by atoms with Crippen molar-refractivity contribution in [1.29, 1.82) is 0 Å². The summed E-state index contributed by atoms with van der Waals surface area (Å²) in [6, 6.07) is 0. The molecule has 0 spiro atoms. The largest absolute Gasteiger partial charge is 0.414 e. The molecule has 0 heterocycles. The van der Waals surface area contributed by atoms with E-state index in [0.717, 1.165) is 18.4 Å². The predicted molar refractivity (Wildman–Crippen MR) is 99.2 cm³/mol. The highest BCUT2D eigenvalue weighted by molar-refractivity contribution is 9.49. The van der Waals surface area contributed by atoms with Crippen molar-refractivity contribution in [1.82, 2.24) is 0 Å². The van der Waals surface area contributed by atoms with Crippen molar-refractivity contribution < 1.29 is 13.7 Å². The number of aliphatic hydroxyl groups excluding tert-OH is 1. The molecule has 0 aliphatic carbocycles. The van der Waals surface area contributed by atoms with Gasteiger partial charge < -0.3 is 13.7 Å². The van der Waals surface area contributed by atoms with Crippen LogP contribution >= 0.6 is 25.3 Å². The van der Waals surface area contributed by atoms with Gasteiger partial charge in [0.2, 0.25) is 0 Å². The predicted octanol–water partition coefficient (Wildman–Crippen LogP) is 5.46. The molecule has 3 nitrogen and oxygen atoms in total. The zero-order valence-corrected chi connectivity index (χ0v) is 17.8. The molecular formula is C15H31BrO3SSi. The normalized spacial score (nSPS) is 16.9. The first-order chi connectivity index (χ1) is 9.53. The first-order valence-corrected chi connectivity index (χ1v) is 12.9. The van der Waals surface area contributed by atoms with E-state index in [1.807, 2.05) is 13.0 Å². The average Bonchev–Trinajstić information content (AvgIpc) is 2.33. The van der Waals surface area contributed by atoms with Gasteiger partial charge in [0.05, 0.1) is 23.2 Å². The lowest BCUT2D eigenvalue weighted by Gasteiger charge is -2.39. The van der Waals surface area contributed by atoms with Gasteiger partial charge in [0, 0.05) is 20.9 Å². The maximum absolute atomic E-state index is 9.06. The van der Waals surface area contributed by atoms with Crippen LogP contribution in [0.1, 0.15) is 47.5 Å². The summed E-state index contributed by atoms with van der Waals surface area (Å²) in [7, 11) is -0.528. The van der Waals surface area contributed by atoms with Gasteiger partial charge in [-0.05, 0) is 44.8 Å². The minimum Gasteiger partial charge on any atom is -0.414 e. The van der Waals surface area contributed by atoms with Crippen LogP contribution in [0, 0.1) is 0 Å². The van der Waals surface area contributed by atoms with Gasteiger partial charge in [-0.15, -0.1) is 0 Å². The molecule has 0 aromatic heterocycles. The topological polar surface area (TPSA) is 38.7 Å². The van der Waals surface area contributed by atoms with Gasteiger partial charge in [-0.1, -0.05) is 32.4 Å². The summed E-state index contributed by atoms with van der Waals surface area (Å²) >= 11 is 3.25. The second-order valence-electron chi connectivity index (χ2n) is 7.15. The van der Waals surface area contributed by atoms with Crippen molar-refractivity contribution in [2.75, 3.05) is 6.61 Å². The Labute approximate surface area is 143 Å². The van der Waals surface area contributed by atoms with Gasteiger partial charge in [-0.3, -0.25) is 0 Å². The van der Waals surface area contributed by atoms with Crippen LogP contribution in [-0.2, 0) is 8.61 Å². The SMILES string of the molecule is C/C(=C\C[C@H](C[C@H](C)O[Si](C)(C)C(C)(C)C)OSBr)CO. The zero-order chi connectivity index (χ0) is 16.7. The summed E-state index contributed by atoms with van der Waals surface area (Å²) in [5, 5.41) is 9.28. The lowest BCUT2D eigenvalue weighted by Crippen LogP contribution is -2.43. The second-order valence-corrected chi connectivity index (χ2v) is 13.0. The van der Waals surface area contributed by atoms with Gasteiger partial charge in [0.15, 0.2) is 8.32 Å². The zero-order valence-electron chi connectivity index (χ0n) is 14.4. The van der Waals surface area contributed by atoms with E-state index >= 15 is 0 Å². The first kappa shape index (κ1) is 21.7. The van der Waals surface area contributed by atoms with E-state index in [9.17, 15) is 0 Å². The molecule has 0 aliphatic heterocycles. The minimum absolute atomic E-state index is 0.0793. The number of hydrogen-bond donors (Lipinski definition) is 1. The van der Waals surface area contributed by atoms with Gasteiger partial charge in [0.1, 0.15) is 0 Å². The van der Waals surface area contributed by atoms with E-state index in [2.05, 4.69) is 55.6 Å². The van der Waals surface area contributed by atoms with E-state index in [1.165, 1.54) is 10.5 Å². The van der Waals surface area contributed by atoms with Gasteiger partial charge in [-0.25, -0.2) is 0 Å². The Bertz CT molecular complexity index is 329. The molecule has 0 aromatic rings. The number of halogens is 1. The lowest BCUT2D eigenvalue weighted by molar-refractivity contribution is 0.127. The molecule has 0 saturated heterocycles. The molecule has 0 unspecified atom stereocenters. The van der Waals surface area contributed by atoms with Crippen LogP contribution in [0.4, 0.5) is 0 Å². The smallest absolute Gasteiger partial charge is 0.192 e. The Morgan fingerprint density at radius 2 is 1.95 bits per heavy atom. The Morgan fingerprint density at radius 1 is 1.38 bits per heavy atom. The van der Waals surface area contributed by atoms with Gasteiger partial charge in [-0.2, -0.15) is 0 Å². The molecule has 0 fully saturated rings. The third kappa shape index (κ3) is 8.76. The lowest BCUT2D eigenvalue weighted by atomic mass is 10.1. The molecule has 0 radical (unpaired) electrons. The van der Waals surface area contributed by atoms with Crippen LogP contribution in [0.3, 0.4) is 0 Å². The molecule has 1 N–H and O–H groups in total. The third-order valence-electron chi connectivity index (χ3n) is 4.05. The van der Waals surface area contributed by atoms with Crippen molar-refractivity contribution in [2.45, 2.75) is 77.8 Å². The van der Waals surface area contributed by atoms with Crippen molar-refractivity contribution in [3.63, 3.8) is 0 Å². The highest BCUT2D eigenvalue weighted by Crippen LogP contribution is 2.38. The van der Waals surface area contributed by atoms with Gasteiger partial charge >= 0.3 is 0 Å². The quantitative estimate of drug-likeness (QED) is 0.317. The van der Waals surface area contributed by atoms with Crippen molar-refractivity contribution in [2.24, 2.45) is 0 Å². The molecule has 2 atom stereocenters. The molecule has 0 amide bonds. The summed E-state index contributed by atoms with van der Waals surface area (Å²) in [5.41, 5.74) is 0.973.